The third-order valence-electron chi connectivity index (χ3n) is 5.92. The standard InChI is InChI=1S/C25H29N3O4S2/c1-4-32-21-12-8-19(9-13-21)23-18(3)33-25(26-23)27-24(29)20-10-14-22(15-11-20)34(30,31)28-16-6-5-7-17(28)2/h8-15,17H,4-7,16H2,1-3H3,(H,26,27,29). The number of anilines is 1. The van der Waals surface area contributed by atoms with E-state index in [4.69, 9.17) is 4.74 Å². The Hall–Kier alpha value is -2.75. The molecule has 1 amide bonds. The van der Waals surface area contributed by atoms with Gasteiger partial charge in [-0.15, -0.1) is 11.3 Å². The van der Waals surface area contributed by atoms with Gasteiger partial charge in [0.1, 0.15) is 5.75 Å². The maximum atomic E-state index is 13.0. The zero-order valence-electron chi connectivity index (χ0n) is 19.6. The molecule has 1 fully saturated rings. The number of carbonyl (C=O) groups excluding carboxylic acids is 1. The lowest BCUT2D eigenvalue weighted by Crippen LogP contribution is -2.41. The third-order valence-corrected chi connectivity index (χ3v) is 8.83. The van der Waals surface area contributed by atoms with Crippen LogP contribution in [0.1, 0.15) is 48.3 Å². The number of carbonyl (C=O) groups is 1. The Bertz CT molecular complexity index is 1250. The highest BCUT2D eigenvalue weighted by Crippen LogP contribution is 2.32. The summed E-state index contributed by atoms with van der Waals surface area (Å²) in [6, 6.07) is 13.8. The zero-order valence-corrected chi connectivity index (χ0v) is 21.2. The van der Waals surface area contributed by atoms with Gasteiger partial charge in [0, 0.05) is 28.6 Å². The van der Waals surface area contributed by atoms with Crippen LogP contribution in [-0.4, -0.2) is 42.8 Å². The van der Waals surface area contributed by atoms with Crippen molar-refractivity contribution in [2.45, 2.75) is 51.0 Å². The number of hydrogen-bond donors (Lipinski definition) is 1. The van der Waals surface area contributed by atoms with Crippen LogP contribution in [0, 0.1) is 6.92 Å². The second-order valence-corrected chi connectivity index (χ2v) is 11.4. The van der Waals surface area contributed by atoms with Gasteiger partial charge in [-0.05, 0) is 82.1 Å². The van der Waals surface area contributed by atoms with Crippen molar-refractivity contribution in [3.05, 3.63) is 59.0 Å². The summed E-state index contributed by atoms with van der Waals surface area (Å²) in [5, 5.41) is 3.32. The van der Waals surface area contributed by atoms with Crippen molar-refractivity contribution >= 4 is 32.4 Å². The lowest BCUT2D eigenvalue weighted by molar-refractivity contribution is 0.102. The summed E-state index contributed by atoms with van der Waals surface area (Å²) in [5.41, 5.74) is 2.13. The molecule has 2 aromatic carbocycles. The van der Waals surface area contributed by atoms with Gasteiger partial charge in [0.15, 0.2) is 5.13 Å². The second kappa shape index (κ2) is 10.2. The first-order valence-corrected chi connectivity index (χ1v) is 13.7. The van der Waals surface area contributed by atoms with Crippen LogP contribution in [0.4, 0.5) is 5.13 Å². The van der Waals surface area contributed by atoms with Gasteiger partial charge in [-0.25, -0.2) is 13.4 Å². The number of sulfonamides is 1. The predicted molar refractivity (Wildman–Crippen MR) is 135 cm³/mol. The largest absolute Gasteiger partial charge is 0.494 e. The average molecular weight is 500 g/mol. The molecule has 9 heteroatoms. The SMILES string of the molecule is CCOc1ccc(-c2nc(NC(=O)c3ccc(S(=O)(=O)N4CCCCC4C)cc3)sc2C)cc1. The van der Waals surface area contributed by atoms with E-state index in [1.807, 2.05) is 45.0 Å². The van der Waals surface area contributed by atoms with E-state index in [1.165, 1.54) is 23.5 Å². The van der Waals surface area contributed by atoms with Gasteiger partial charge in [-0.1, -0.05) is 6.42 Å². The number of amides is 1. The minimum atomic E-state index is -3.57. The molecule has 0 spiro atoms. The Labute approximate surface area is 204 Å². The molecule has 180 valence electrons. The van der Waals surface area contributed by atoms with Crippen LogP contribution in [-0.2, 0) is 10.0 Å². The Morgan fingerprint density at radius 3 is 2.50 bits per heavy atom. The molecular weight excluding hydrogens is 470 g/mol. The molecule has 1 aliphatic heterocycles. The first-order chi connectivity index (χ1) is 16.3. The van der Waals surface area contributed by atoms with Gasteiger partial charge in [0.2, 0.25) is 10.0 Å². The van der Waals surface area contributed by atoms with Crippen molar-refractivity contribution in [1.29, 1.82) is 0 Å². The number of ether oxygens (including phenoxy) is 1. The van der Waals surface area contributed by atoms with Crippen LogP contribution >= 0.6 is 11.3 Å². The molecule has 34 heavy (non-hydrogen) atoms. The van der Waals surface area contributed by atoms with Crippen molar-refractivity contribution in [3.8, 4) is 17.0 Å². The van der Waals surface area contributed by atoms with Crippen LogP contribution in [0.15, 0.2) is 53.4 Å². The van der Waals surface area contributed by atoms with Crippen molar-refractivity contribution in [2.75, 3.05) is 18.5 Å². The highest BCUT2D eigenvalue weighted by atomic mass is 32.2. The molecule has 0 bridgehead atoms. The fourth-order valence-electron chi connectivity index (χ4n) is 4.11. The van der Waals surface area contributed by atoms with Gasteiger partial charge in [-0.3, -0.25) is 10.1 Å². The van der Waals surface area contributed by atoms with E-state index in [2.05, 4.69) is 10.3 Å². The van der Waals surface area contributed by atoms with Crippen molar-refractivity contribution in [3.63, 3.8) is 0 Å². The maximum absolute atomic E-state index is 13.0. The van der Waals surface area contributed by atoms with E-state index in [1.54, 1.807) is 16.4 Å². The number of hydrogen-bond acceptors (Lipinski definition) is 6. The Morgan fingerprint density at radius 1 is 1.15 bits per heavy atom. The van der Waals surface area contributed by atoms with Crippen LogP contribution in [0.2, 0.25) is 0 Å². The van der Waals surface area contributed by atoms with E-state index in [0.717, 1.165) is 41.1 Å². The summed E-state index contributed by atoms with van der Waals surface area (Å²) in [6.45, 7) is 6.98. The quantitative estimate of drug-likeness (QED) is 0.474. The molecule has 3 aromatic rings. The van der Waals surface area contributed by atoms with Gasteiger partial charge >= 0.3 is 0 Å². The summed E-state index contributed by atoms with van der Waals surface area (Å²) in [4.78, 5) is 18.6. The molecule has 1 saturated heterocycles. The summed E-state index contributed by atoms with van der Waals surface area (Å²) in [5.74, 6) is 0.468. The molecule has 4 rings (SSSR count). The van der Waals surface area contributed by atoms with Crippen LogP contribution in [0.25, 0.3) is 11.3 Å². The summed E-state index contributed by atoms with van der Waals surface area (Å²) in [7, 11) is -3.57. The number of piperidine rings is 1. The first-order valence-electron chi connectivity index (χ1n) is 11.4. The molecule has 1 atom stereocenters. The lowest BCUT2D eigenvalue weighted by Gasteiger charge is -2.32. The van der Waals surface area contributed by atoms with E-state index in [9.17, 15) is 13.2 Å². The minimum absolute atomic E-state index is 0.0144. The normalized spacial score (nSPS) is 16.9. The number of nitrogens with one attached hydrogen (secondary N) is 1. The number of aromatic nitrogens is 1. The molecule has 2 heterocycles. The minimum Gasteiger partial charge on any atom is -0.494 e. The topological polar surface area (TPSA) is 88.6 Å². The molecule has 1 unspecified atom stereocenters. The van der Waals surface area contributed by atoms with Gasteiger partial charge in [-0.2, -0.15) is 4.31 Å². The molecule has 0 aliphatic carbocycles. The van der Waals surface area contributed by atoms with Crippen molar-refractivity contribution in [2.24, 2.45) is 0 Å². The van der Waals surface area contributed by atoms with E-state index >= 15 is 0 Å². The summed E-state index contributed by atoms with van der Waals surface area (Å²) >= 11 is 1.40. The molecule has 7 nitrogen and oxygen atoms in total. The number of aryl methyl sites for hydroxylation is 1. The Morgan fingerprint density at radius 2 is 1.85 bits per heavy atom. The monoisotopic (exact) mass is 499 g/mol. The Kier molecular flexibility index (Phi) is 7.35. The molecular formula is C25H29N3O4S2. The summed E-state index contributed by atoms with van der Waals surface area (Å²) < 4.78 is 33.1. The van der Waals surface area contributed by atoms with Crippen LogP contribution < -0.4 is 10.1 Å². The van der Waals surface area contributed by atoms with Crippen LogP contribution in [0.5, 0.6) is 5.75 Å². The predicted octanol–water partition coefficient (Wildman–Crippen LogP) is 5.33. The van der Waals surface area contributed by atoms with E-state index in [0.29, 0.717) is 23.8 Å². The van der Waals surface area contributed by atoms with Crippen molar-refractivity contribution in [1.82, 2.24) is 9.29 Å². The fraction of sp³-hybridized carbons (Fsp3) is 0.360. The highest BCUT2D eigenvalue weighted by Gasteiger charge is 2.31. The molecule has 1 aromatic heterocycles. The van der Waals surface area contributed by atoms with E-state index in [-0.39, 0.29) is 16.8 Å². The van der Waals surface area contributed by atoms with Gasteiger partial charge in [0.25, 0.3) is 5.91 Å². The zero-order chi connectivity index (χ0) is 24.3. The fourth-order valence-corrected chi connectivity index (χ4v) is 6.64. The van der Waals surface area contributed by atoms with Crippen molar-refractivity contribution < 1.29 is 17.9 Å². The second-order valence-electron chi connectivity index (χ2n) is 8.32. The number of nitrogens with zero attached hydrogens (tertiary/aromatic N) is 2. The van der Waals surface area contributed by atoms with Crippen LogP contribution in [0.3, 0.4) is 0 Å². The van der Waals surface area contributed by atoms with E-state index < -0.39 is 10.0 Å². The van der Waals surface area contributed by atoms with Gasteiger partial charge < -0.3 is 4.74 Å². The highest BCUT2D eigenvalue weighted by molar-refractivity contribution is 7.89. The molecule has 0 radical (unpaired) electrons. The smallest absolute Gasteiger partial charge is 0.257 e. The molecule has 0 saturated carbocycles. The number of thiazole rings is 1. The Balaban J connectivity index is 1.46. The summed E-state index contributed by atoms with van der Waals surface area (Å²) in [6.07, 6.45) is 2.78. The third kappa shape index (κ3) is 5.16. The van der Waals surface area contributed by atoms with Gasteiger partial charge in [0.05, 0.1) is 17.2 Å². The lowest BCUT2D eigenvalue weighted by atomic mass is 10.1. The number of benzene rings is 2. The maximum Gasteiger partial charge on any atom is 0.257 e. The molecule has 1 aliphatic rings. The first kappa shape index (κ1) is 24.4. The molecule has 1 N–H and O–H groups in total. The number of rotatable bonds is 7. The average Bonchev–Trinajstić information content (AvgIpc) is 3.19.